The van der Waals surface area contributed by atoms with Crippen molar-refractivity contribution >= 4 is 32.6 Å². The SMILES string of the molecule is COC(=O)[C@H](CC1CC(Br)=NO1)NC(=O)OCc1ccccc1. The van der Waals surface area contributed by atoms with Crippen LogP contribution < -0.4 is 5.32 Å². The molecule has 8 heteroatoms. The van der Waals surface area contributed by atoms with Crippen LogP contribution in [0.3, 0.4) is 0 Å². The summed E-state index contributed by atoms with van der Waals surface area (Å²) >= 11 is 3.22. The van der Waals surface area contributed by atoms with Gasteiger partial charge in [0, 0.05) is 12.8 Å². The molecule has 1 aromatic carbocycles. The van der Waals surface area contributed by atoms with E-state index in [4.69, 9.17) is 14.3 Å². The Morgan fingerprint density at radius 2 is 2.17 bits per heavy atom. The third-order valence-corrected chi connectivity index (χ3v) is 3.65. The third kappa shape index (κ3) is 5.55. The predicted molar refractivity (Wildman–Crippen MR) is 86.0 cm³/mol. The number of methoxy groups -OCH3 is 1. The van der Waals surface area contributed by atoms with Crippen molar-refractivity contribution < 1.29 is 23.9 Å². The molecule has 124 valence electrons. The summed E-state index contributed by atoms with van der Waals surface area (Å²) in [6.07, 6.45) is -0.218. The van der Waals surface area contributed by atoms with E-state index in [2.05, 4.69) is 26.4 Å². The van der Waals surface area contributed by atoms with E-state index >= 15 is 0 Å². The molecule has 1 unspecified atom stereocenters. The minimum absolute atomic E-state index is 0.120. The van der Waals surface area contributed by atoms with E-state index in [0.29, 0.717) is 11.0 Å². The molecule has 1 aliphatic heterocycles. The van der Waals surface area contributed by atoms with Gasteiger partial charge in [-0.2, -0.15) is 0 Å². The number of rotatable bonds is 6. The molecule has 1 amide bonds. The summed E-state index contributed by atoms with van der Waals surface area (Å²) in [4.78, 5) is 28.8. The highest BCUT2D eigenvalue weighted by molar-refractivity contribution is 9.18. The van der Waals surface area contributed by atoms with E-state index in [9.17, 15) is 9.59 Å². The van der Waals surface area contributed by atoms with Crippen LogP contribution in [0.25, 0.3) is 0 Å². The van der Waals surface area contributed by atoms with Crippen LogP contribution in [0.15, 0.2) is 35.5 Å². The Balaban J connectivity index is 1.84. The van der Waals surface area contributed by atoms with Gasteiger partial charge in [-0.05, 0) is 21.5 Å². The number of nitrogens with one attached hydrogen (secondary N) is 1. The highest BCUT2D eigenvalue weighted by atomic mass is 79.9. The van der Waals surface area contributed by atoms with Crippen molar-refractivity contribution in [2.24, 2.45) is 5.16 Å². The smallest absolute Gasteiger partial charge is 0.408 e. The first-order chi connectivity index (χ1) is 11.1. The largest absolute Gasteiger partial charge is 0.467 e. The number of hydrogen-bond acceptors (Lipinski definition) is 6. The van der Waals surface area contributed by atoms with Gasteiger partial charge in [-0.3, -0.25) is 0 Å². The van der Waals surface area contributed by atoms with Crippen LogP contribution in [0.2, 0.25) is 0 Å². The number of ether oxygens (including phenoxy) is 2. The standard InChI is InChI=1S/C15H17BrN2O5/c1-21-14(19)12(7-11-8-13(16)18-23-11)17-15(20)22-9-10-5-3-2-4-6-10/h2-6,11-12H,7-9H2,1H3,(H,17,20)/t11?,12-/m0/s1. The van der Waals surface area contributed by atoms with Gasteiger partial charge in [0.15, 0.2) is 0 Å². The summed E-state index contributed by atoms with van der Waals surface area (Å²) in [5.74, 6) is -0.562. The molecule has 0 saturated heterocycles. The highest BCUT2D eigenvalue weighted by Crippen LogP contribution is 2.19. The van der Waals surface area contributed by atoms with Crippen LogP contribution in [0.1, 0.15) is 18.4 Å². The molecule has 23 heavy (non-hydrogen) atoms. The number of carbonyl (C=O) groups excluding carboxylic acids is 2. The molecule has 7 nitrogen and oxygen atoms in total. The van der Waals surface area contributed by atoms with Gasteiger partial charge in [0.05, 0.1) is 7.11 Å². The first-order valence-corrected chi connectivity index (χ1v) is 7.81. The number of nitrogens with zero attached hydrogens (tertiary/aromatic N) is 1. The van der Waals surface area contributed by atoms with E-state index in [1.165, 1.54) is 7.11 Å². The molecule has 0 fully saturated rings. The molecule has 1 aliphatic rings. The quantitative estimate of drug-likeness (QED) is 0.760. The molecular weight excluding hydrogens is 368 g/mol. The molecule has 0 aromatic heterocycles. The van der Waals surface area contributed by atoms with E-state index in [1.54, 1.807) is 0 Å². The third-order valence-electron chi connectivity index (χ3n) is 3.19. The second kappa shape index (κ2) is 8.52. The van der Waals surface area contributed by atoms with Gasteiger partial charge in [-0.1, -0.05) is 35.5 Å². The zero-order valence-electron chi connectivity index (χ0n) is 12.5. The number of oxime groups is 1. The number of hydrogen-bond donors (Lipinski definition) is 1. The van der Waals surface area contributed by atoms with Crippen LogP contribution >= 0.6 is 15.9 Å². The highest BCUT2D eigenvalue weighted by Gasteiger charge is 2.30. The summed E-state index contributed by atoms with van der Waals surface area (Å²) in [6.45, 7) is 0.120. The molecule has 0 spiro atoms. The van der Waals surface area contributed by atoms with E-state index in [0.717, 1.165) is 5.56 Å². The van der Waals surface area contributed by atoms with Crippen LogP contribution in [0, 0.1) is 0 Å². The summed E-state index contributed by atoms with van der Waals surface area (Å²) in [6, 6.07) is 8.39. The molecular formula is C15H17BrN2O5. The maximum Gasteiger partial charge on any atom is 0.408 e. The molecule has 0 radical (unpaired) electrons. The molecule has 0 bridgehead atoms. The first-order valence-electron chi connectivity index (χ1n) is 7.01. The Kier molecular flexibility index (Phi) is 6.40. The Hall–Kier alpha value is -2.09. The van der Waals surface area contributed by atoms with Crippen molar-refractivity contribution in [3.63, 3.8) is 0 Å². The maximum absolute atomic E-state index is 11.9. The number of alkyl carbamates (subject to hydrolysis) is 1. The van der Waals surface area contributed by atoms with Crippen molar-refractivity contribution in [2.45, 2.75) is 31.6 Å². The number of benzene rings is 1. The number of amides is 1. The Bertz CT molecular complexity index is 578. The molecule has 1 aromatic rings. The average Bonchev–Trinajstić information content (AvgIpc) is 2.97. The van der Waals surface area contributed by atoms with Gasteiger partial charge in [0.1, 0.15) is 23.4 Å². The second-order valence-electron chi connectivity index (χ2n) is 4.92. The first kappa shape index (κ1) is 17.3. The minimum atomic E-state index is -0.859. The zero-order chi connectivity index (χ0) is 16.7. The fourth-order valence-corrected chi connectivity index (χ4v) is 2.49. The van der Waals surface area contributed by atoms with Crippen LogP contribution in [0.5, 0.6) is 0 Å². The Morgan fingerprint density at radius 1 is 1.43 bits per heavy atom. The lowest BCUT2D eigenvalue weighted by molar-refractivity contribution is -0.144. The van der Waals surface area contributed by atoms with Crippen molar-refractivity contribution in [2.75, 3.05) is 7.11 Å². The predicted octanol–water partition coefficient (Wildman–Crippen LogP) is 2.34. The fourth-order valence-electron chi connectivity index (χ4n) is 2.05. The molecule has 0 saturated carbocycles. The van der Waals surface area contributed by atoms with Crippen molar-refractivity contribution in [3.8, 4) is 0 Å². The van der Waals surface area contributed by atoms with Crippen molar-refractivity contribution in [1.82, 2.24) is 5.32 Å². The number of esters is 1. The summed E-state index contributed by atoms with van der Waals surface area (Å²) in [5, 5.41) is 6.25. The fraction of sp³-hybridized carbons (Fsp3) is 0.400. The average molecular weight is 385 g/mol. The Labute approximate surface area is 142 Å². The molecule has 0 aliphatic carbocycles. The number of carbonyl (C=O) groups is 2. The molecule has 1 heterocycles. The normalized spacial score (nSPS) is 17.7. The Morgan fingerprint density at radius 3 is 2.78 bits per heavy atom. The number of halogens is 1. The van der Waals surface area contributed by atoms with Crippen LogP contribution in [-0.4, -0.2) is 35.9 Å². The summed E-state index contributed by atoms with van der Waals surface area (Å²) < 4.78 is 10.5. The lowest BCUT2D eigenvalue weighted by atomic mass is 10.1. The summed E-state index contributed by atoms with van der Waals surface area (Å²) in [7, 11) is 1.26. The van der Waals surface area contributed by atoms with Gasteiger partial charge < -0.3 is 19.6 Å². The van der Waals surface area contributed by atoms with Gasteiger partial charge >= 0.3 is 12.1 Å². The van der Waals surface area contributed by atoms with Gasteiger partial charge in [-0.15, -0.1) is 0 Å². The van der Waals surface area contributed by atoms with Gasteiger partial charge in [0.25, 0.3) is 0 Å². The minimum Gasteiger partial charge on any atom is -0.467 e. The lowest BCUT2D eigenvalue weighted by Gasteiger charge is -2.18. The van der Waals surface area contributed by atoms with Gasteiger partial charge in [0.2, 0.25) is 0 Å². The van der Waals surface area contributed by atoms with Crippen molar-refractivity contribution in [3.05, 3.63) is 35.9 Å². The van der Waals surface area contributed by atoms with E-state index in [1.807, 2.05) is 30.3 Å². The molecule has 2 rings (SSSR count). The van der Waals surface area contributed by atoms with Crippen LogP contribution in [0.4, 0.5) is 4.79 Å². The molecule has 1 N–H and O–H groups in total. The lowest BCUT2D eigenvalue weighted by Crippen LogP contribution is -2.43. The van der Waals surface area contributed by atoms with Crippen molar-refractivity contribution in [1.29, 1.82) is 0 Å². The zero-order valence-corrected chi connectivity index (χ0v) is 14.1. The second-order valence-corrected chi connectivity index (χ2v) is 5.83. The van der Waals surface area contributed by atoms with E-state index in [-0.39, 0.29) is 19.1 Å². The molecule has 2 atom stereocenters. The topological polar surface area (TPSA) is 86.2 Å². The monoisotopic (exact) mass is 384 g/mol. The van der Waals surface area contributed by atoms with E-state index < -0.39 is 18.1 Å². The van der Waals surface area contributed by atoms with Crippen LogP contribution in [-0.2, 0) is 25.7 Å². The summed E-state index contributed by atoms with van der Waals surface area (Å²) in [5.41, 5.74) is 0.855. The van der Waals surface area contributed by atoms with Gasteiger partial charge in [-0.25, -0.2) is 9.59 Å². The maximum atomic E-state index is 11.9.